The van der Waals surface area contributed by atoms with Crippen molar-refractivity contribution in [3.63, 3.8) is 0 Å². The lowest BCUT2D eigenvalue weighted by molar-refractivity contribution is 0.145. The molecule has 2 fully saturated rings. The van der Waals surface area contributed by atoms with Gasteiger partial charge in [0.25, 0.3) is 0 Å². The van der Waals surface area contributed by atoms with Crippen LogP contribution in [-0.4, -0.2) is 69.6 Å². The molecule has 2 saturated heterocycles. The van der Waals surface area contributed by atoms with Crippen molar-refractivity contribution in [1.82, 2.24) is 4.90 Å². The van der Waals surface area contributed by atoms with E-state index in [2.05, 4.69) is 10.0 Å². The fraction of sp³-hybridized carbons (Fsp3) is 0.562. The Bertz CT molecular complexity index is 721. The van der Waals surface area contributed by atoms with Gasteiger partial charge in [0.2, 0.25) is 0 Å². The van der Waals surface area contributed by atoms with Gasteiger partial charge >= 0.3 is 6.09 Å². The SMILES string of the molecule is CN(CCF)C1CN(c2ccc(N3CC(CN=[N+]=[N-])OC3=O)cc2F)C1. The number of cyclic esters (lactones) is 1. The van der Waals surface area contributed by atoms with E-state index in [4.69, 9.17) is 10.3 Å². The van der Waals surface area contributed by atoms with Crippen molar-refractivity contribution in [2.45, 2.75) is 12.1 Å². The first-order valence-electron chi connectivity index (χ1n) is 8.33. The summed E-state index contributed by atoms with van der Waals surface area (Å²) in [6.07, 6.45) is -1.13. The fourth-order valence-corrected chi connectivity index (χ4v) is 3.12. The second-order valence-corrected chi connectivity index (χ2v) is 6.39. The van der Waals surface area contributed by atoms with Gasteiger partial charge in [0.05, 0.1) is 24.5 Å². The first-order chi connectivity index (χ1) is 12.5. The zero-order valence-corrected chi connectivity index (χ0v) is 14.4. The molecule has 1 amide bonds. The topological polar surface area (TPSA) is 84.8 Å². The molecule has 0 saturated carbocycles. The van der Waals surface area contributed by atoms with Crippen molar-refractivity contribution in [3.8, 4) is 0 Å². The van der Waals surface area contributed by atoms with Gasteiger partial charge in [-0.15, -0.1) is 0 Å². The monoisotopic (exact) mass is 366 g/mol. The minimum absolute atomic E-state index is 0.0425. The van der Waals surface area contributed by atoms with Crippen molar-refractivity contribution in [2.24, 2.45) is 5.11 Å². The lowest BCUT2D eigenvalue weighted by Crippen LogP contribution is -2.59. The lowest BCUT2D eigenvalue weighted by atomic mass is 10.1. The maximum Gasteiger partial charge on any atom is 0.414 e. The lowest BCUT2D eigenvalue weighted by Gasteiger charge is -2.45. The Hall–Kier alpha value is -2.58. The normalized spacial score (nSPS) is 20.2. The first-order valence-corrected chi connectivity index (χ1v) is 8.33. The Balaban J connectivity index is 1.64. The zero-order chi connectivity index (χ0) is 18.7. The van der Waals surface area contributed by atoms with Crippen LogP contribution in [0.15, 0.2) is 23.3 Å². The Morgan fingerprint density at radius 1 is 1.42 bits per heavy atom. The zero-order valence-electron chi connectivity index (χ0n) is 14.4. The summed E-state index contributed by atoms with van der Waals surface area (Å²) in [5.74, 6) is -0.430. The summed E-state index contributed by atoms with van der Waals surface area (Å²) in [5.41, 5.74) is 9.18. The Kier molecular flexibility index (Phi) is 5.43. The predicted octanol–water partition coefficient (Wildman–Crippen LogP) is 2.55. The molecule has 10 heteroatoms. The molecule has 3 rings (SSSR count). The van der Waals surface area contributed by atoms with Crippen LogP contribution in [0.2, 0.25) is 0 Å². The minimum atomic E-state index is -0.591. The average molecular weight is 366 g/mol. The number of azide groups is 1. The van der Waals surface area contributed by atoms with Gasteiger partial charge in [-0.1, -0.05) is 5.11 Å². The highest BCUT2D eigenvalue weighted by atomic mass is 19.1. The number of hydrogen-bond donors (Lipinski definition) is 0. The number of ether oxygens (including phenoxy) is 1. The van der Waals surface area contributed by atoms with Crippen molar-refractivity contribution in [3.05, 3.63) is 34.5 Å². The molecule has 0 radical (unpaired) electrons. The molecule has 0 spiro atoms. The maximum atomic E-state index is 14.5. The van der Waals surface area contributed by atoms with Crippen molar-refractivity contribution in [2.75, 3.05) is 56.2 Å². The molecule has 1 atom stereocenters. The van der Waals surface area contributed by atoms with Gasteiger partial charge in [0.1, 0.15) is 18.6 Å². The smallest absolute Gasteiger partial charge is 0.414 e. The molecule has 140 valence electrons. The Morgan fingerprint density at radius 3 is 2.85 bits per heavy atom. The predicted molar refractivity (Wildman–Crippen MR) is 92.6 cm³/mol. The van der Waals surface area contributed by atoms with E-state index >= 15 is 0 Å². The molecule has 1 unspecified atom stereocenters. The molecule has 0 aromatic heterocycles. The molecule has 8 nitrogen and oxygen atoms in total. The average Bonchev–Trinajstić information content (AvgIpc) is 2.94. The van der Waals surface area contributed by atoms with E-state index in [1.165, 1.54) is 11.0 Å². The molecule has 2 aliphatic heterocycles. The fourth-order valence-electron chi connectivity index (χ4n) is 3.12. The van der Waals surface area contributed by atoms with Gasteiger partial charge in [-0.3, -0.25) is 9.80 Å². The van der Waals surface area contributed by atoms with Crippen molar-refractivity contribution < 1.29 is 18.3 Å². The highest BCUT2D eigenvalue weighted by Gasteiger charge is 2.34. The van der Waals surface area contributed by atoms with E-state index in [9.17, 15) is 13.6 Å². The van der Waals surface area contributed by atoms with Crippen LogP contribution in [0, 0.1) is 5.82 Å². The van der Waals surface area contributed by atoms with Crippen molar-refractivity contribution in [1.29, 1.82) is 0 Å². The summed E-state index contributed by atoms with van der Waals surface area (Å²) in [5, 5.41) is 3.39. The van der Waals surface area contributed by atoms with Crippen LogP contribution in [0.4, 0.5) is 25.0 Å². The molecule has 0 aliphatic carbocycles. The number of carbonyl (C=O) groups is 1. The second-order valence-electron chi connectivity index (χ2n) is 6.39. The number of halogens is 2. The van der Waals surface area contributed by atoms with Gasteiger partial charge in [-0.25, -0.2) is 13.6 Å². The molecule has 2 heterocycles. The van der Waals surface area contributed by atoms with Crippen LogP contribution in [0.3, 0.4) is 0 Å². The van der Waals surface area contributed by atoms with Crippen LogP contribution < -0.4 is 9.80 Å². The third kappa shape index (κ3) is 3.66. The van der Waals surface area contributed by atoms with Gasteiger partial charge in [0, 0.05) is 30.6 Å². The molecular formula is C16H20F2N6O2. The van der Waals surface area contributed by atoms with Crippen LogP contribution in [0.25, 0.3) is 10.4 Å². The first kappa shape index (κ1) is 18.2. The third-order valence-electron chi connectivity index (χ3n) is 4.73. The quantitative estimate of drug-likeness (QED) is 0.422. The number of alkyl halides is 1. The number of nitrogens with zero attached hydrogens (tertiary/aromatic N) is 6. The van der Waals surface area contributed by atoms with Gasteiger partial charge in [-0.2, -0.15) is 0 Å². The molecule has 0 N–H and O–H groups in total. The summed E-state index contributed by atoms with van der Waals surface area (Å²) < 4.78 is 32.0. The number of hydrogen-bond acceptors (Lipinski definition) is 5. The summed E-state index contributed by atoms with van der Waals surface area (Å²) in [7, 11) is 1.85. The number of rotatable bonds is 7. The number of carbonyl (C=O) groups excluding carboxylic acids is 1. The number of anilines is 2. The number of likely N-dealkylation sites (N-methyl/N-ethyl adjacent to an activating group) is 1. The van der Waals surface area contributed by atoms with E-state index < -0.39 is 24.7 Å². The summed E-state index contributed by atoms with van der Waals surface area (Å²) >= 11 is 0. The van der Waals surface area contributed by atoms with Gasteiger partial charge in [-0.05, 0) is 30.8 Å². The molecule has 1 aromatic carbocycles. The highest BCUT2D eigenvalue weighted by molar-refractivity contribution is 5.90. The standard InChI is InChI=1S/C16H20F2N6O2/c1-22(5-4-17)12-8-23(9-12)15-3-2-11(6-14(15)18)24-10-13(7-20-21-19)26-16(24)25/h2-3,6,12-13H,4-5,7-10H2,1H3. The second kappa shape index (κ2) is 7.76. The molecular weight excluding hydrogens is 346 g/mol. The molecule has 0 bridgehead atoms. The largest absolute Gasteiger partial charge is 0.444 e. The maximum absolute atomic E-state index is 14.5. The Morgan fingerprint density at radius 2 is 2.19 bits per heavy atom. The molecule has 1 aromatic rings. The molecule has 26 heavy (non-hydrogen) atoms. The number of benzene rings is 1. The van der Waals surface area contributed by atoms with Crippen LogP contribution in [0.1, 0.15) is 0 Å². The summed E-state index contributed by atoms with van der Waals surface area (Å²) in [6.45, 7) is 1.48. The highest BCUT2D eigenvalue weighted by Crippen LogP contribution is 2.31. The van der Waals surface area contributed by atoms with Crippen LogP contribution in [-0.2, 0) is 4.74 Å². The van der Waals surface area contributed by atoms with Crippen LogP contribution >= 0.6 is 0 Å². The Labute approximate surface area is 149 Å². The van der Waals surface area contributed by atoms with Crippen LogP contribution in [0.5, 0.6) is 0 Å². The van der Waals surface area contributed by atoms with E-state index in [1.807, 2.05) is 16.8 Å². The van der Waals surface area contributed by atoms with Gasteiger partial charge in [0.15, 0.2) is 0 Å². The molecule has 2 aliphatic rings. The summed E-state index contributed by atoms with van der Waals surface area (Å²) in [4.78, 5) is 19.7. The third-order valence-corrected chi connectivity index (χ3v) is 4.73. The van der Waals surface area contributed by atoms with Crippen molar-refractivity contribution >= 4 is 17.5 Å². The number of amides is 1. The van der Waals surface area contributed by atoms with E-state index in [-0.39, 0.29) is 19.1 Å². The minimum Gasteiger partial charge on any atom is -0.444 e. The van der Waals surface area contributed by atoms with Gasteiger partial charge < -0.3 is 9.64 Å². The van der Waals surface area contributed by atoms with E-state index in [1.54, 1.807) is 12.1 Å². The van der Waals surface area contributed by atoms with E-state index in [0.717, 1.165) is 0 Å². The van der Waals surface area contributed by atoms with E-state index in [0.29, 0.717) is 31.0 Å². The summed E-state index contributed by atoms with van der Waals surface area (Å²) in [6, 6.07) is 4.79.